The first kappa shape index (κ1) is 32.0. The normalized spacial score (nSPS) is 22.3. The van der Waals surface area contributed by atoms with Crippen molar-refractivity contribution in [3.05, 3.63) is 53.1 Å². The van der Waals surface area contributed by atoms with E-state index in [0.29, 0.717) is 12.1 Å². The Kier molecular flexibility index (Phi) is 10.2. The molecule has 3 atom stereocenters. The monoisotopic (exact) mass is 579 g/mol. The first-order valence-electron chi connectivity index (χ1n) is 13.6. The van der Waals surface area contributed by atoms with Gasteiger partial charge in [-0.3, -0.25) is 4.90 Å². The summed E-state index contributed by atoms with van der Waals surface area (Å²) < 4.78 is 42.8. The molecule has 0 radical (unpaired) electrons. The maximum absolute atomic E-state index is 12.8. The van der Waals surface area contributed by atoms with Gasteiger partial charge in [0.05, 0.1) is 14.2 Å². The summed E-state index contributed by atoms with van der Waals surface area (Å²) in [4.78, 5) is 24.4. The van der Waals surface area contributed by atoms with Gasteiger partial charge in [0.2, 0.25) is 0 Å². The number of carbonyl (C=O) groups is 2. The van der Waals surface area contributed by atoms with Crippen molar-refractivity contribution in [3.63, 3.8) is 0 Å². The summed E-state index contributed by atoms with van der Waals surface area (Å²) in [5, 5.41) is 13.4. The van der Waals surface area contributed by atoms with Crippen LogP contribution in [0, 0.1) is 13.8 Å². The van der Waals surface area contributed by atoms with Gasteiger partial charge in [-0.15, -0.1) is 0 Å². The molecule has 1 aliphatic heterocycles. The van der Waals surface area contributed by atoms with Crippen molar-refractivity contribution in [2.24, 2.45) is 0 Å². The highest BCUT2D eigenvalue weighted by atomic mass is 19.4. The number of amides is 2. The van der Waals surface area contributed by atoms with Gasteiger partial charge in [0, 0.05) is 29.2 Å². The summed E-state index contributed by atoms with van der Waals surface area (Å²) >= 11 is 0. The number of nitrogens with zero attached hydrogens (tertiary/aromatic N) is 1. The topological polar surface area (TPSA) is 100 Å². The molecule has 2 fully saturated rings. The molecule has 1 saturated carbocycles. The number of methoxy groups -OCH3 is 2. The average Bonchev–Trinajstić information content (AvgIpc) is 3.27. The van der Waals surface area contributed by atoms with Gasteiger partial charge in [0.25, 0.3) is 0 Å². The minimum Gasteiger partial charge on any atom is -0.493 e. The van der Waals surface area contributed by atoms with Gasteiger partial charge in [0.15, 0.2) is 11.5 Å². The lowest BCUT2D eigenvalue weighted by atomic mass is 9.65. The lowest BCUT2D eigenvalue weighted by molar-refractivity contribution is -0.192. The molecule has 0 bridgehead atoms. The van der Waals surface area contributed by atoms with Gasteiger partial charge < -0.3 is 25.2 Å². The van der Waals surface area contributed by atoms with Gasteiger partial charge in [0.1, 0.15) is 0 Å². The van der Waals surface area contributed by atoms with E-state index in [1.807, 2.05) is 32.0 Å². The number of aliphatic carboxylic acids is 1. The summed E-state index contributed by atoms with van der Waals surface area (Å²) in [6.45, 7) is 9.71. The molecule has 11 heteroatoms. The number of carboxylic acid groups (broad SMARTS) is 1. The van der Waals surface area contributed by atoms with E-state index in [0.717, 1.165) is 60.5 Å². The molecule has 226 valence electrons. The first-order chi connectivity index (χ1) is 19.2. The predicted molar refractivity (Wildman–Crippen MR) is 151 cm³/mol. The van der Waals surface area contributed by atoms with Crippen molar-refractivity contribution >= 4 is 17.7 Å². The van der Waals surface area contributed by atoms with Crippen molar-refractivity contribution in [2.75, 3.05) is 26.1 Å². The number of carbonyl (C=O) groups excluding carboxylic acids is 1. The van der Waals surface area contributed by atoms with Crippen LogP contribution < -0.4 is 20.1 Å². The molecule has 3 N–H and O–H groups in total. The quantitative estimate of drug-likeness (QED) is 0.386. The molecule has 0 aromatic heterocycles. The molecule has 2 aliphatic rings. The molecule has 2 amide bonds. The van der Waals surface area contributed by atoms with Crippen LogP contribution in [0.2, 0.25) is 0 Å². The van der Waals surface area contributed by atoms with E-state index in [9.17, 15) is 18.0 Å². The molecule has 8 nitrogen and oxygen atoms in total. The molecule has 2 aromatic carbocycles. The number of carboxylic acids is 1. The van der Waals surface area contributed by atoms with Crippen LogP contribution in [-0.4, -0.2) is 67.1 Å². The van der Waals surface area contributed by atoms with Crippen LogP contribution in [0.1, 0.15) is 56.2 Å². The molecule has 0 spiro atoms. The first-order valence-corrected chi connectivity index (χ1v) is 13.6. The van der Waals surface area contributed by atoms with Crippen LogP contribution >= 0.6 is 0 Å². The third kappa shape index (κ3) is 7.63. The number of hydrogen-bond acceptors (Lipinski definition) is 5. The molecule has 1 heterocycles. The van der Waals surface area contributed by atoms with Gasteiger partial charge >= 0.3 is 18.2 Å². The zero-order valence-electron chi connectivity index (χ0n) is 24.4. The van der Waals surface area contributed by atoms with Crippen LogP contribution in [-0.2, 0) is 10.2 Å². The fraction of sp³-hybridized carbons (Fsp3) is 0.533. The molecule has 1 aliphatic carbocycles. The SMILES string of the molecule is COc1ccc([C@@]23CC[C@@H](NC(=O)Nc4cc(C)cc(C)c4)C[C@@H]2N(C(C)C)CC3)cc1OC.O=C(O)C(F)(F)F. The average molecular weight is 580 g/mol. The van der Waals surface area contributed by atoms with Crippen LogP contribution in [0.4, 0.5) is 23.7 Å². The highest BCUT2D eigenvalue weighted by Gasteiger charge is 2.52. The number of hydrogen-bond donors (Lipinski definition) is 3. The van der Waals surface area contributed by atoms with Crippen molar-refractivity contribution in [1.29, 1.82) is 0 Å². The van der Waals surface area contributed by atoms with Gasteiger partial charge in [-0.05, 0) is 101 Å². The molecule has 41 heavy (non-hydrogen) atoms. The van der Waals surface area contributed by atoms with Crippen molar-refractivity contribution in [3.8, 4) is 11.5 Å². The second-order valence-electron chi connectivity index (χ2n) is 11.1. The standard InChI is InChI=1S/C28H39N3O3.C2HF3O2/c1-18(2)31-12-11-28(21-7-8-24(33-5)25(16-21)34-6)10-9-22(17-26(28)31)29-27(32)30-23-14-19(3)13-20(4)15-23;3-2(4,5)1(6)7/h7-8,13-16,18,22,26H,9-12,17H2,1-6H3,(H2,29,30,32);(H,6,7)/t22-,26+,28+;/m1./s1. The van der Waals surface area contributed by atoms with E-state index in [4.69, 9.17) is 19.4 Å². The lowest BCUT2D eigenvalue weighted by Crippen LogP contribution is -2.54. The second-order valence-corrected chi connectivity index (χ2v) is 11.1. The van der Waals surface area contributed by atoms with E-state index >= 15 is 0 Å². The van der Waals surface area contributed by atoms with Crippen LogP contribution in [0.25, 0.3) is 0 Å². The highest BCUT2D eigenvalue weighted by molar-refractivity contribution is 5.89. The Bertz CT molecular complexity index is 1220. The Balaban J connectivity index is 0.000000587. The maximum atomic E-state index is 12.8. The van der Waals surface area contributed by atoms with Gasteiger partial charge in [-0.1, -0.05) is 12.1 Å². The zero-order chi connectivity index (χ0) is 30.5. The third-order valence-electron chi connectivity index (χ3n) is 7.98. The Hall–Kier alpha value is -3.47. The van der Waals surface area contributed by atoms with E-state index in [1.54, 1.807) is 14.2 Å². The number of halogens is 3. The number of anilines is 1. The number of ether oxygens (including phenoxy) is 2. The maximum Gasteiger partial charge on any atom is 0.490 e. The molecular weight excluding hydrogens is 539 g/mol. The molecule has 0 unspecified atom stereocenters. The van der Waals surface area contributed by atoms with Crippen LogP contribution in [0.3, 0.4) is 0 Å². The molecule has 1 saturated heterocycles. The number of nitrogens with one attached hydrogen (secondary N) is 2. The fourth-order valence-corrected chi connectivity index (χ4v) is 6.22. The summed E-state index contributed by atoms with van der Waals surface area (Å²) in [6, 6.07) is 13.4. The lowest BCUT2D eigenvalue weighted by Gasteiger charge is -2.46. The number of rotatable bonds is 6. The summed E-state index contributed by atoms with van der Waals surface area (Å²) in [5.41, 5.74) is 4.51. The summed E-state index contributed by atoms with van der Waals surface area (Å²) in [7, 11) is 3.37. The fourth-order valence-electron chi connectivity index (χ4n) is 6.22. The molecule has 2 aromatic rings. The van der Waals surface area contributed by atoms with Gasteiger partial charge in [-0.25, -0.2) is 9.59 Å². The highest BCUT2D eigenvalue weighted by Crippen LogP contribution is 2.50. The Morgan fingerprint density at radius 1 is 1.02 bits per heavy atom. The Labute approximate surface area is 239 Å². The van der Waals surface area contributed by atoms with Crippen LogP contribution in [0.5, 0.6) is 11.5 Å². The van der Waals surface area contributed by atoms with E-state index in [-0.39, 0.29) is 17.5 Å². The number of likely N-dealkylation sites (tertiary alicyclic amines) is 1. The van der Waals surface area contributed by atoms with Crippen molar-refractivity contribution < 1.29 is 37.3 Å². The zero-order valence-corrected chi connectivity index (χ0v) is 24.4. The molecule has 4 rings (SSSR count). The number of urea groups is 1. The van der Waals surface area contributed by atoms with E-state index < -0.39 is 12.1 Å². The number of aryl methyl sites for hydroxylation is 2. The largest absolute Gasteiger partial charge is 0.493 e. The van der Waals surface area contributed by atoms with E-state index in [2.05, 4.69) is 47.6 Å². The van der Waals surface area contributed by atoms with E-state index in [1.165, 1.54) is 5.56 Å². The second kappa shape index (κ2) is 13.0. The third-order valence-corrected chi connectivity index (χ3v) is 7.98. The van der Waals surface area contributed by atoms with Gasteiger partial charge in [-0.2, -0.15) is 13.2 Å². The summed E-state index contributed by atoms with van der Waals surface area (Å²) in [6.07, 6.45) is -1.04. The number of benzene rings is 2. The minimum absolute atomic E-state index is 0.0616. The van der Waals surface area contributed by atoms with Crippen LogP contribution in [0.15, 0.2) is 36.4 Å². The van der Waals surface area contributed by atoms with Crippen molar-refractivity contribution in [1.82, 2.24) is 10.2 Å². The summed E-state index contributed by atoms with van der Waals surface area (Å²) in [5.74, 6) is -1.21. The smallest absolute Gasteiger partial charge is 0.490 e. The Morgan fingerprint density at radius 2 is 1.63 bits per heavy atom. The van der Waals surface area contributed by atoms with Crippen molar-refractivity contribution in [2.45, 2.75) is 83.1 Å². The number of alkyl halides is 3. The Morgan fingerprint density at radius 3 is 2.17 bits per heavy atom. The predicted octanol–water partition coefficient (Wildman–Crippen LogP) is 6.05. The number of fused-ring (bicyclic) bond motifs is 1. The minimum atomic E-state index is -5.08. The molecular formula is C30H40F3N3O5.